The molecule has 0 unspecified atom stereocenters. The first-order chi connectivity index (χ1) is 23.3. The second-order valence-electron chi connectivity index (χ2n) is 14.5. The molecule has 0 atom stereocenters. The summed E-state index contributed by atoms with van der Waals surface area (Å²) in [5.41, 5.74) is 12.4. The van der Waals surface area contributed by atoms with Gasteiger partial charge in [0.2, 0.25) is 0 Å². The average molecular weight is 623 g/mol. The second kappa shape index (κ2) is 8.59. The molecule has 0 aliphatic heterocycles. The van der Waals surface area contributed by atoms with E-state index >= 15 is 0 Å². The topological polar surface area (TPSA) is 52.6 Å². The summed E-state index contributed by atoms with van der Waals surface area (Å²) in [7, 11) is 0. The summed E-state index contributed by atoms with van der Waals surface area (Å²) in [5.74, 6) is 3.66. The van der Waals surface area contributed by atoms with Gasteiger partial charge in [0.15, 0.2) is 0 Å². The lowest BCUT2D eigenvalue weighted by atomic mass is 9.78. The van der Waals surface area contributed by atoms with Crippen LogP contribution in [0.3, 0.4) is 0 Å². The van der Waals surface area contributed by atoms with E-state index in [0.717, 1.165) is 78.0 Å². The van der Waals surface area contributed by atoms with Crippen molar-refractivity contribution >= 4 is 43.9 Å². The molecule has 2 aliphatic rings. The Morgan fingerprint density at radius 3 is 1.29 bits per heavy atom. The molecule has 0 saturated carbocycles. The van der Waals surface area contributed by atoms with Gasteiger partial charge in [0, 0.05) is 65.8 Å². The molecule has 4 heterocycles. The minimum Gasteiger partial charge on any atom is -0.456 e. The third-order valence-electron chi connectivity index (χ3n) is 11.0. The van der Waals surface area contributed by atoms with Gasteiger partial charge in [-0.25, -0.2) is 0 Å². The van der Waals surface area contributed by atoms with Gasteiger partial charge in [-0.2, -0.15) is 0 Å². The van der Waals surface area contributed by atoms with Gasteiger partial charge in [0.05, 0.1) is 0 Å². The van der Waals surface area contributed by atoms with Crippen molar-refractivity contribution < 1.29 is 17.7 Å². The van der Waals surface area contributed by atoms with E-state index in [-0.39, 0.29) is 10.8 Å². The minimum absolute atomic E-state index is 0.273. The highest BCUT2D eigenvalue weighted by Gasteiger charge is 2.46. The molecular formula is C44H30O4. The van der Waals surface area contributed by atoms with Gasteiger partial charge in [0.1, 0.15) is 45.4 Å². The lowest BCUT2D eigenvalue weighted by Crippen LogP contribution is -2.17. The van der Waals surface area contributed by atoms with Gasteiger partial charge in [-0.15, -0.1) is 0 Å². The molecule has 0 bridgehead atoms. The largest absolute Gasteiger partial charge is 0.456 e. The fourth-order valence-electron chi connectivity index (χ4n) is 8.65. The first kappa shape index (κ1) is 26.3. The van der Waals surface area contributed by atoms with Crippen LogP contribution in [0.15, 0.2) is 127 Å². The molecule has 2 aliphatic carbocycles. The highest BCUT2D eigenvalue weighted by atomic mass is 16.3. The van der Waals surface area contributed by atoms with Crippen molar-refractivity contribution in [1.29, 1.82) is 0 Å². The Bertz CT molecular complexity index is 2580. The molecule has 0 fully saturated rings. The molecule has 0 amide bonds. The number of hydrogen-bond acceptors (Lipinski definition) is 4. The highest BCUT2D eigenvalue weighted by molar-refractivity contribution is 6.01. The fraction of sp³-hybridized carbons (Fsp3) is 0.136. The number of benzene rings is 5. The van der Waals surface area contributed by atoms with Gasteiger partial charge in [-0.1, -0.05) is 64.1 Å². The summed E-state index contributed by atoms with van der Waals surface area (Å²) in [6, 6.07) is 38.1. The van der Waals surface area contributed by atoms with Crippen LogP contribution in [0, 0.1) is 0 Å². The van der Waals surface area contributed by atoms with Crippen LogP contribution in [-0.2, 0) is 10.8 Å². The van der Waals surface area contributed by atoms with Crippen LogP contribution in [-0.4, -0.2) is 0 Å². The van der Waals surface area contributed by atoms with Gasteiger partial charge in [0.25, 0.3) is 0 Å². The maximum Gasteiger partial charge on any atom is 0.139 e. The standard InChI is InChI=1S/C44H30O4/c1-43(2)31-21-28-32(22-27(31)41-39(43)29-17-25(13-15-35(29)47-41)37-19-23-9-5-7-11-33(23)45-37)44(3,4)40-30-18-26(14-16-36(30)48-42(28)40)38-20-24-10-6-8-12-34(24)46-38/h5-22H,1-4H3. The molecule has 11 rings (SSSR count). The molecule has 9 aromatic rings. The molecule has 48 heavy (non-hydrogen) atoms. The van der Waals surface area contributed by atoms with E-state index < -0.39 is 0 Å². The van der Waals surface area contributed by atoms with E-state index in [9.17, 15) is 0 Å². The fourth-order valence-corrected chi connectivity index (χ4v) is 8.65. The van der Waals surface area contributed by atoms with Crippen molar-refractivity contribution in [3.05, 3.63) is 131 Å². The van der Waals surface area contributed by atoms with Crippen molar-refractivity contribution in [2.75, 3.05) is 0 Å². The van der Waals surface area contributed by atoms with Crippen LogP contribution in [0.1, 0.15) is 49.9 Å². The zero-order valence-corrected chi connectivity index (χ0v) is 27.0. The van der Waals surface area contributed by atoms with Crippen LogP contribution >= 0.6 is 0 Å². The molecular weight excluding hydrogens is 592 g/mol. The zero-order valence-electron chi connectivity index (χ0n) is 27.0. The van der Waals surface area contributed by atoms with E-state index in [1.165, 1.54) is 33.4 Å². The molecule has 230 valence electrons. The molecule has 4 aromatic heterocycles. The Kier molecular flexibility index (Phi) is 4.71. The first-order valence-electron chi connectivity index (χ1n) is 16.6. The van der Waals surface area contributed by atoms with E-state index in [1.54, 1.807) is 0 Å². The molecule has 4 nitrogen and oxygen atoms in total. The Morgan fingerprint density at radius 2 is 0.854 bits per heavy atom. The number of para-hydroxylation sites is 2. The van der Waals surface area contributed by atoms with Crippen LogP contribution in [0.4, 0.5) is 0 Å². The summed E-state index contributed by atoms with van der Waals surface area (Å²) in [5, 5.41) is 4.47. The monoisotopic (exact) mass is 622 g/mol. The van der Waals surface area contributed by atoms with Crippen LogP contribution < -0.4 is 0 Å². The number of fused-ring (bicyclic) bond motifs is 12. The summed E-state index contributed by atoms with van der Waals surface area (Å²) in [6.07, 6.45) is 0. The molecule has 0 saturated heterocycles. The Labute approximate surface area is 276 Å². The summed E-state index contributed by atoms with van der Waals surface area (Å²) < 4.78 is 25.9. The van der Waals surface area contributed by atoms with Crippen LogP contribution in [0.25, 0.3) is 89.2 Å². The van der Waals surface area contributed by atoms with Gasteiger partial charge >= 0.3 is 0 Å². The highest BCUT2D eigenvalue weighted by Crippen LogP contribution is 2.59. The van der Waals surface area contributed by atoms with Crippen molar-refractivity contribution in [3.63, 3.8) is 0 Å². The summed E-state index contributed by atoms with van der Waals surface area (Å²) in [6.45, 7) is 9.25. The Morgan fingerprint density at radius 1 is 0.417 bits per heavy atom. The molecule has 0 N–H and O–H groups in total. The van der Waals surface area contributed by atoms with E-state index in [4.69, 9.17) is 17.7 Å². The Balaban J connectivity index is 1.06. The van der Waals surface area contributed by atoms with E-state index in [1.807, 2.05) is 36.4 Å². The molecule has 0 spiro atoms. The molecule has 5 aromatic carbocycles. The zero-order chi connectivity index (χ0) is 32.1. The quantitative estimate of drug-likeness (QED) is 0.192. The van der Waals surface area contributed by atoms with Crippen molar-refractivity contribution in [1.82, 2.24) is 0 Å². The third-order valence-corrected chi connectivity index (χ3v) is 11.0. The number of rotatable bonds is 2. The van der Waals surface area contributed by atoms with Crippen LogP contribution in [0.2, 0.25) is 0 Å². The molecule has 0 radical (unpaired) electrons. The van der Waals surface area contributed by atoms with Gasteiger partial charge in [-0.05, 0) is 83.9 Å². The first-order valence-corrected chi connectivity index (χ1v) is 16.6. The predicted molar refractivity (Wildman–Crippen MR) is 192 cm³/mol. The van der Waals surface area contributed by atoms with Crippen LogP contribution in [0.5, 0.6) is 0 Å². The van der Waals surface area contributed by atoms with E-state index in [0.29, 0.717) is 0 Å². The Hall–Kier alpha value is -5.74. The van der Waals surface area contributed by atoms with Gasteiger partial charge in [-0.3, -0.25) is 0 Å². The lowest BCUT2D eigenvalue weighted by Gasteiger charge is -2.24. The third kappa shape index (κ3) is 3.25. The molecule has 4 heteroatoms. The minimum atomic E-state index is -0.273. The maximum absolute atomic E-state index is 6.70. The maximum atomic E-state index is 6.70. The predicted octanol–water partition coefficient (Wildman–Crippen LogP) is 12.6. The second-order valence-corrected chi connectivity index (χ2v) is 14.5. The summed E-state index contributed by atoms with van der Waals surface area (Å²) >= 11 is 0. The van der Waals surface area contributed by atoms with Gasteiger partial charge < -0.3 is 17.7 Å². The lowest BCUT2D eigenvalue weighted by molar-refractivity contribution is 0.617. The average Bonchev–Trinajstić information content (AvgIpc) is 3.91. The smallest absolute Gasteiger partial charge is 0.139 e. The van der Waals surface area contributed by atoms with Crippen molar-refractivity contribution in [2.45, 2.75) is 38.5 Å². The SMILES string of the molecule is CC1(C)c2cc3c(cc2-c2oc4ccc(-c5cc6ccccc6o5)cc4c21)C(C)(C)c1c-3oc2ccc(-c3cc4ccccc4o3)cc12. The van der Waals surface area contributed by atoms with E-state index in [2.05, 4.69) is 100 Å². The normalized spacial score (nSPS) is 15.4. The number of hydrogen-bond donors (Lipinski definition) is 0. The van der Waals surface area contributed by atoms with Crippen molar-refractivity contribution in [3.8, 4) is 45.3 Å². The van der Waals surface area contributed by atoms with Crippen molar-refractivity contribution in [2.24, 2.45) is 0 Å². The summed E-state index contributed by atoms with van der Waals surface area (Å²) in [4.78, 5) is 0. The number of furan rings is 4.